The molecule has 11 heteroatoms. The third-order valence-corrected chi connectivity index (χ3v) is 5.78. The summed E-state index contributed by atoms with van der Waals surface area (Å²) in [5, 5.41) is 7.27. The summed E-state index contributed by atoms with van der Waals surface area (Å²) < 4.78 is 21.7. The summed E-state index contributed by atoms with van der Waals surface area (Å²) in [7, 11) is 1.51. The lowest BCUT2D eigenvalue weighted by Gasteiger charge is -2.11. The van der Waals surface area contributed by atoms with Gasteiger partial charge < -0.3 is 24.3 Å². The quantitative estimate of drug-likeness (QED) is 0.258. The zero-order chi connectivity index (χ0) is 25.5. The van der Waals surface area contributed by atoms with Gasteiger partial charge in [0.15, 0.2) is 23.0 Å². The summed E-state index contributed by atoms with van der Waals surface area (Å²) in [5.74, 6) is 0.477. The molecule has 9 nitrogen and oxygen atoms in total. The topological polar surface area (TPSA) is 107 Å². The van der Waals surface area contributed by atoms with Crippen molar-refractivity contribution in [1.82, 2.24) is 10.7 Å². The van der Waals surface area contributed by atoms with Gasteiger partial charge >= 0.3 is 11.8 Å². The lowest BCUT2D eigenvalue weighted by atomic mass is 10.2. The van der Waals surface area contributed by atoms with Crippen molar-refractivity contribution in [2.75, 3.05) is 13.9 Å². The molecule has 0 fully saturated rings. The van der Waals surface area contributed by atoms with E-state index in [2.05, 4.69) is 15.8 Å². The SMILES string of the molecule is COc1cc(/C=N\NC(=O)C(=O)NCc2ccc3c(c2)OCO3)ccc1OCc1ccc(Cl)c(Cl)c1. The minimum absolute atomic E-state index is 0.146. The molecular weight excluding hydrogens is 509 g/mol. The number of amides is 2. The highest BCUT2D eigenvalue weighted by molar-refractivity contribution is 6.42. The van der Waals surface area contributed by atoms with Gasteiger partial charge in [0.1, 0.15) is 6.61 Å². The number of halogens is 2. The number of hydrogen-bond acceptors (Lipinski definition) is 7. The van der Waals surface area contributed by atoms with Crippen LogP contribution in [0.25, 0.3) is 0 Å². The maximum Gasteiger partial charge on any atom is 0.329 e. The normalized spacial score (nSPS) is 11.9. The monoisotopic (exact) mass is 529 g/mol. The average molecular weight is 530 g/mol. The number of fused-ring (bicyclic) bond motifs is 1. The molecule has 0 saturated carbocycles. The Morgan fingerprint density at radius 2 is 1.75 bits per heavy atom. The Balaban J connectivity index is 1.28. The second-order valence-corrected chi connectivity index (χ2v) is 8.33. The number of nitrogens with zero attached hydrogens (tertiary/aromatic N) is 1. The Morgan fingerprint density at radius 1 is 0.944 bits per heavy atom. The van der Waals surface area contributed by atoms with Crippen molar-refractivity contribution >= 4 is 41.2 Å². The van der Waals surface area contributed by atoms with Crippen molar-refractivity contribution in [3.05, 3.63) is 81.3 Å². The van der Waals surface area contributed by atoms with Crippen LogP contribution in [0.4, 0.5) is 0 Å². The lowest BCUT2D eigenvalue weighted by molar-refractivity contribution is -0.139. The van der Waals surface area contributed by atoms with Crippen LogP contribution in [0.1, 0.15) is 16.7 Å². The third kappa shape index (κ3) is 6.38. The average Bonchev–Trinajstić information content (AvgIpc) is 3.36. The molecule has 186 valence electrons. The maximum absolute atomic E-state index is 12.1. The molecule has 2 amide bonds. The van der Waals surface area contributed by atoms with Crippen molar-refractivity contribution in [1.29, 1.82) is 0 Å². The Bertz CT molecular complexity index is 1310. The first kappa shape index (κ1) is 25.2. The third-order valence-electron chi connectivity index (χ3n) is 5.04. The van der Waals surface area contributed by atoms with Gasteiger partial charge in [-0.15, -0.1) is 0 Å². The van der Waals surface area contributed by atoms with Crippen LogP contribution in [0.2, 0.25) is 10.0 Å². The van der Waals surface area contributed by atoms with E-state index in [1.54, 1.807) is 48.5 Å². The van der Waals surface area contributed by atoms with E-state index >= 15 is 0 Å². The summed E-state index contributed by atoms with van der Waals surface area (Å²) in [6.45, 7) is 0.567. The number of ether oxygens (including phenoxy) is 4. The lowest BCUT2D eigenvalue weighted by Crippen LogP contribution is -2.37. The number of methoxy groups -OCH3 is 1. The van der Waals surface area contributed by atoms with Crippen LogP contribution in [0.15, 0.2) is 59.7 Å². The number of benzene rings is 3. The summed E-state index contributed by atoms with van der Waals surface area (Å²) in [6, 6.07) is 15.6. The van der Waals surface area contributed by atoms with Crippen molar-refractivity contribution in [2.45, 2.75) is 13.2 Å². The Hall–Kier alpha value is -3.95. The Kier molecular flexibility index (Phi) is 8.14. The van der Waals surface area contributed by atoms with E-state index < -0.39 is 11.8 Å². The number of hydrazone groups is 1. The van der Waals surface area contributed by atoms with E-state index in [0.717, 1.165) is 11.1 Å². The van der Waals surface area contributed by atoms with Gasteiger partial charge in [0.05, 0.1) is 23.4 Å². The second kappa shape index (κ2) is 11.7. The first-order chi connectivity index (χ1) is 17.4. The van der Waals surface area contributed by atoms with Gasteiger partial charge in [-0.2, -0.15) is 5.10 Å². The van der Waals surface area contributed by atoms with Crippen LogP contribution in [0.5, 0.6) is 23.0 Å². The highest BCUT2D eigenvalue weighted by Gasteiger charge is 2.15. The van der Waals surface area contributed by atoms with Gasteiger partial charge in [0.25, 0.3) is 0 Å². The van der Waals surface area contributed by atoms with Gasteiger partial charge in [-0.05, 0) is 59.2 Å². The number of rotatable bonds is 8. The van der Waals surface area contributed by atoms with Gasteiger partial charge in [-0.3, -0.25) is 9.59 Å². The van der Waals surface area contributed by atoms with Crippen molar-refractivity contribution in [3.8, 4) is 23.0 Å². The van der Waals surface area contributed by atoms with Gasteiger partial charge in [0.2, 0.25) is 6.79 Å². The number of nitrogens with one attached hydrogen (secondary N) is 2. The summed E-state index contributed by atoms with van der Waals surface area (Å²) >= 11 is 12.0. The largest absolute Gasteiger partial charge is 0.493 e. The predicted molar refractivity (Wildman–Crippen MR) is 134 cm³/mol. The van der Waals surface area contributed by atoms with Crippen LogP contribution in [0.3, 0.4) is 0 Å². The van der Waals surface area contributed by atoms with Gasteiger partial charge in [-0.25, -0.2) is 5.43 Å². The molecule has 0 saturated heterocycles. The fourth-order valence-corrected chi connectivity index (χ4v) is 3.52. The molecule has 2 N–H and O–H groups in total. The smallest absolute Gasteiger partial charge is 0.329 e. The molecule has 0 aromatic heterocycles. The van der Waals surface area contributed by atoms with Gasteiger partial charge in [0, 0.05) is 6.54 Å². The molecule has 4 rings (SSSR count). The zero-order valence-corrected chi connectivity index (χ0v) is 20.6. The molecule has 0 spiro atoms. The summed E-state index contributed by atoms with van der Waals surface area (Å²) in [5.41, 5.74) is 4.42. The fraction of sp³-hybridized carbons (Fsp3) is 0.160. The van der Waals surface area contributed by atoms with Crippen LogP contribution >= 0.6 is 23.2 Å². The van der Waals surface area contributed by atoms with Crippen LogP contribution in [-0.2, 0) is 22.7 Å². The number of hydrogen-bond donors (Lipinski definition) is 2. The molecule has 36 heavy (non-hydrogen) atoms. The molecular formula is C25H21Cl2N3O6. The van der Waals surface area contributed by atoms with E-state index in [0.29, 0.717) is 38.6 Å². The molecule has 0 unspecified atom stereocenters. The van der Waals surface area contributed by atoms with Crippen LogP contribution in [-0.4, -0.2) is 31.9 Å². The molecule has 3 aromatic carbocycles. The number of carbonyl (C=O) groups excluding carboxylic acids is 2. The second-order valence-electron chi connectivity index (χ2n) is 7.52. The highest BCUT2D eigenvalue weighted by Crippen LogP contribution is 2.32. The van der Waals surface area contributed by atoms with E-state index in [1.807, 2.05) is 6.07 Å². The summed E-state index contributed by atoms with van der Waals surface area (Å²) in [6.07, 6.45) is 1.38. The van der Waals surface area contributed by atoms with Crippen molar-refractivity contribution in [2.24, 2.45) is 5.10 Å². The highest BCUT2D eigenvalue weighted by atomic mass is 35.5. The summed E-state index contributed by atoms with van der Waals surface area (Å²) in [4.78, 5) is 24.1. The first-order valence-corrected chi connectivity index (χ1v) is 11.4. The van der Waals surface area contributed by atoms with Crippen LogP contribution in [0, 0.1) is 0 Å². The fourth-order valence-electron chi connectivity index (χ4n) is 3.20. The molecule has 1 aliphatic heterocycles. The van der Waals surface area contributed by atoms with E-state index in [1.165, 1.54) is 13.3 Å². The van der Waals surface area contributed by atoms with Gasteiger partial charge in [-0.1, -0.05) is 35.3 Å². The molecule has 0 radical (unpaired) electrons. The van der Waals surface area contributed by atoms with Crippen molar-refractivity contribution in [3.63, 3.8) is 0 Å². The minimum atomic E-state index is -0.902. The molecule has 0 bridgehead atoms. The first-order valence-electron chi connectivity index (χ1n) is 10.7. The molecule has 0 atom stereocenters. The standard InChI is InChI=1S/C25H21Cl2N3O6/c1-33-22-9-16(4-6-20(22)34-13-17-2-5-18(26)19(27)8-17)12-29-30-25(32)24(31)28-11-15-3-7-21-23(10-15)36-14-35-21/h2-10,12H,11,13-14H2,1H3,(H,28,31)(H,30,32)/b29-12-. The zero-order valence-electron chi connectivity index (χ0n) is 19.0. The minimum Gasteiger partial charge on any atom is -0.493 e. The molecule has 1 heterocycles. The molecule has 3 aromatic rings. The van der Waals surface area contributed by atoms with E-state index in [9.17, 15) is 9.59 Å². The van der Waals surface area contributed by atoms with Crippen molar-refractivity contribution < 1.29 is 28.5 Å². The number of carbonyl (C=O) groups is 2. The van der Waals surface area contributed by atoms with Crippen LogP contribution < -0.4 is 29.7 Å². The molecule has 0 aliphatic carbocycles. The maximum atomic E-state index is 12.1. The van der Waals surface area contributed by atoms with E-state index in [-0.39, 0.29) is 19.9 Å². The Labute approximate surface area is 216 Å². The predicted octanol–water partition coefficient (Wildman–Crippen LogP) is 4.08. The molecule has 1 aliphatic rings. The van der Waals surface area contributed by atoms with E-state index in [4.69, 9.17) is 42.1 Å². The Morgan fingerprint density at radius 3 is 2.56 bits per heavy atom.